The molecule has 0 spiro atoms. The molecule has 0 aliphatic carbocycles. The molecule has 0 unspecified atom stereocenters. The van der Waals surface area contributed by atoms with Crippen molar-refractivity contribution in [3.05, 3.63) is 53.6 Å². The van der Waals surface area contributed by atoms with E-state index in [4.69, 9.17) is 16.3 Å². The molecule has 6 nitrogen and oxygen atoms in total. The fourth-order valence-corrected chi connectivity index (χ4v) is 3.63. The minimum absolute atomic E-state index is 0.181. The van der Waals surface area contributed by atoms with E-state index in [1.807, 2.05) is 19.1 Å². The van der Waals surface area contributed by atoms with Crippen LogP contribution in [0.4, 0.5) is 11.4 Å². The Labute approximate surface area is 165 Å². The Morgan fingerprint density at radius 3 is 2.44 bits per heavy atom. The summed E-state index contributed by atoms with van der Waals surface area (Å²) in [5, 5.41) is 3.33. The van der Waals surface area contributed by atoms with E-state index < -0.39 is 10.0 Å². The van der Waals surface area contributed by atoms with Crippen molar-refractivity contribution in [1.29, 1.82) is 0 Å². The Hall–Kier alpha value is -2.25. The molecule has 1 N–H and O–H groups in total. The van der Waals surface area contributed by atoms with Crippen molar-refractivity contribution in [2.45, 2.75) is 19.8 Å². The number of nitrogens with one attached hydrogen (secondary N) is 1. The van der Waals surface area contributed by atoms with Gasteiger partial charge in [0.2, 0.25) is 15.9 Å². The van der Waals surface area contributed by atoms with Crippen LogP contribution in [0.1, 0.15) is 19.8 Å². The van der Waals surface area contributed by atoms with Gasteiger partial charge in [-0.2, -0.15) is 0 Å². The van der Waals surface area contributed by atoms with Crippen LogP contribution in [0.15, 0.2) is 48.5 Å². The van der Waals surface area contributed by atoms with E-state index in [1.54, 1.807) is 36.4 Å². The molecule has 0 atom stereocenters. The first kappa shape index (κ1) is 21.1. The van der Waals surface area contributed by atoms with Crippen molar-refractivity contribution in [2.24, 2.45) is 0 Å². The van der Waals surface area contributed by atoms with Gasteiger partial charge in [-0.25, -0.2) is 8.42 Å². The smallest absolute Gasteiger partial charge is 0.232 e. The summed E-state index contributed by atoms with van der Waals surface area (Å²) in [4.78, 5) is 12.2. The molecule has 0 aliphatic heterocycles. The number of carbonyl (C=O) groups is 1. The maximum atomic E-state index is 12.2. The van der Waals surface area contributed by atoms with Crippen molar-refractivity contribution >= 4 is 38.9 Å². The fraction of sp³-hybridized carbons (Fsp3) is 0.316. The number of anilines is 2. The van der Waals surface area contributed by atoms with Crippen LogP contribution < -0.4 is 14.4 Å². The number of ether oxygens (including phenoxy) is 1. The summed E-state index contributed by atoms with van der Waals surface area (Å²) >= 11 is 5.86. The summed E-state index contributed by atoms with van der Waals surface area (Å²) in [6.07, 6.45) is 1.69. The minimum Gasteiger partial charge on any atom is -0.492 e. The summed E-state index contributed by atoms with van der Waals surface area (Å²) in [5.41, 5.74) is 1.12. The molecular weight excluding hydrogens is 388 g/mol. The second kappa shape index (κ2) is 9.62. The summed E-state index contributed by atoms with van der Waals surface area (Å²) in [5.74, 6) is 0.402. The van der Waals surface area contributed by atoms with Gasteiger partial charge >= 0.3 is 0 Å². The molecule has 2 rings (SSSR count). The number of rotatable bonds is 9. The minimum atomic E-state index is -3.46. The van der Waals surface area contributed by atoms with Gasteiger partial charge in [0.1, 0.15) is 5.75 Å². The first-order valence-corrected chi connectivity index (χ1v) is 10.8. The van der Waals surface area contributed by atoms with Gasteiger partial charge in [-0.1, -0.05) is 23.7 Å². The first-order chi connectivity index (χ1) is 12.8. The zero-order chi connectivity index (χ0) is 19.9. The van der Waals surface area contributed by atoms with E-state index in [0.717, 1.165) is 6.26 Å². The molecule has 0 fully saturated rings. The molecule has 8 heteroatoms. The number of sulfonamides is 1. The highest BCUT2D eigenvalue weighted by Crippen LogP contribution is 2.24. The van der Waals surface area contributed by atoms with E-state index in [-0.39, 0.29) is 18.9 Å². The third kappa shape index (κ3) is 6.45. The van der Waals surface area contributed by atoms with Gasteiger partial charge in [0.25, 0.3) is 0 Å². The van der Waals surface area contributed by atoms with Gasteiger partial charge < -0.3 is 10.1 Å². The maximum Gasteiger partial charge on any atom is 0.232 e. The topological polar surface area (TPSA) is 75.7 Å². The standard InChI is InChI=1S/C19H23ClN2O4S/c1-3-26-18-8-5-4-7-17(18)21-19(23)9-6-14-22(27(2,24)25)16-12-10-15(20)11-13-16/h4-5,7-8,10-13H,3,6,9,14H2,1-2H3,(H,21,23). The van der Waals surface area contributed by atoms with Crippen LogP contribution in [0.2, 0.25) is 5.02 Å². The third-order valence-corrected chi connectivity index (χ3v) is 5.19. The van der Waals surface area contributed by atoms with E-state index in [9.17, 15) is 13.2 Å². The van der Waals surface area contributed by atoms with Crippen LogP contribution in [0.5, 0.6) is 5.75 Å². The lowest BCUT2D eigenvalue weighted by molar-refractivity contribution is -0.116. The van der Waals surface area contributed by atoms with Gasteiger partial charge in [-0.3, -0.25) is 9.10 Å². The average Bonchev–Trinajstić information content (AvgIpc) is 2.61. The second-order valence-corrected chi connectivity index (χ2v) is 8.24. The Morgan fingerprint density at radius 1 is 1.15 bits per heavy atom. The monoisotopic (exact) mass is 410 g/mol. The van der Waals surface area contributed by atoms with Crippen molar-refractivity contribution in [1.82, 2.24) is 0 Å². The Morgan fingerprint density at radius 2 is 1.81 bits per heavy atom. The van der Waals surface area contributed by atoms with Crippen LogP contribution in [-0.4, -0.2) is 33.7 Å². The zero-order valence-electron chi connectivity index (χ0n) is 15.3. The van der Waals surface area contributed by atoms with Gasteiger partial charge in [0.05, 0.1) is 24.2 Å². The molecule has 27 heavy (non-hydrogen) atoms. The maximum absolute atomic E-state index is 12.2. The predicted octanol–water partition coefficient (Wildman–Crippen LogP) is 3.92. The number of carbonyl (C=O) groups excluding carboxylic acids is 1. The molecule has 0 aliphatic rings. The van der Waals surface area contributed by atoms with Crippen molar-refractivity contribution in [3.8, 4) is 5.75 Å². The van der Waals surface area contributed by atoms with E-state index in [2.05, 4.69) is 5.32 Å². The highest BCUT2D eigenvalue weighted by Gasteiger charge is 2.17. The molecule has 2 aromatic rings. The van der Waals surface area contributed by atoms with Gasteiger partial charge in [-0.05, 0) is 49.7 Å². The number of amides is 1. The van der Waals surface area contributed by atoms with Gasteiger partial charge in [0.15, 0.2) is 0 Å². The van der Waals surface area contributed by atoms with Crippen LogP contribution in [-0.2, 0) is 14.8 Å². The van der Waals surface area contributed by atoms with E-state index in [0.29, 0.717) is 35.2 Å². The average molecular weight is 411 g/mol. The molecule has 0 aromatic heterocycles. The van der Waals surface area contributed by atoms with Crippen LogP contribution in [0.3, 0.4) is 0 Å². The van der Waals surface area contributed by atoms with Crippen molar-refractivity contribution < 1.29 is 17.9 Å². The molecule has 0 bridgehead atoms. The zero-order valence-corrected chi connectivity index (χ0v) is 16.9. The van der Waals surface area contributed by atoms with Crippen LogP contribution in [0, 0.1) is 0 Å². The van der Waals surface area contributed by atoms with Crippen LogP contribution >= 0.6 is 11.6 Å². The summed E-state index contributed by atoms with van der Waals surface area (Å²) in [6.45, 7) is 2.56. The molecule has 2 aromatic carbocycles. The number of hydrogen-bond acceptors (Lipinski definition) is 4. The quantitative estimate of drug-likeness (QED) is 0.679. The predicted molar refractivity (Wildman–Crippen MR) is 109 cm³/mol. The summed E-state index contributed by atoms with van der Waals surface area (Å²) in [6, 6.07) is 13.7. The van der Waals surface area contributed by atoms with Gasteiger partial charge in [-0.15, -0.1) is 0 Å². The lowest BCUT2D eigenvalue weighted by Crippen LogP contribution is -2.31. The highest BCUT2D eigenvalue weighted by molar-refractivity contribution is 7.92. The lowest BCUT2D eigenvalue weighted by atomic mass is 10.2. The number of nitrogens with zero attached hydrogens (tertiary/aromatic N) is 1. The molecule has 0 radical (unpaired) electrons. The Balaban J connectivity index is 1.96. The lowest BCUT2D eigenvalue weighted by Gasteiger charge is -2.22. The number of para-hydroxylation sites is 2. The molecular formula is C19H23ClN2O4S. The SMILES string of the molecule is CCOc1ccccc1NC(=O)CCCN(c1ccc(Cl)cc1)S(C)(=O)=O. The van der Waals surface area contributed by atoms with E-state index >= 15 is 0 Å². The normalized spacial score (nSPS) is 11.1. The molecule has 0 saturated carbocycles. The number of halogens is 1. The second-order valence-electron chi connectivity index (χ2n) is 5.89. The summed E-state index contributed by atoms with van der Waals surface area (Å²) in [7, 11) is -3.46. The fourth-order valence-electron chi connectivity index (χ4n) is 2.54. The third-order valence-electron chi connectivity index (χ3n) is 3.74. The van der Waals surface area contributed by atoms with Gasteiger partial charge in [0, 0.05) is 18.0 Å². The summed E-state index contributed by atoms with van der Waals surface area (Å²) < 4.78 is 30.9. The Bertz CT molecular complexity index is 870. The molecule has 0 heterocycles. The molecule has 1 amide bonds. The molecule has 146 valence electrons. The number of hydrogen-bond donors (Lipinski definition) is 1. The van der Waals surface area contributed by atoms with Crippen LogP contribution in [0.25, 0.3) is 0 Å². The largest absolute Gasteiger partial charge is 0.492 e. The van der Waals surface area contributed by atoms with Crippen molar-refractivity contribution in [2.75, 3.05) is 29.0 Å². The highest BCUT2D eigenvalue weighted by atomic mass is 35.5. The number of benzene rings is 2. The first-order valence-electron chi connectivity index (χ1n) is 8.56. The molecule has 0 saturated heterocycles. The van der Waals surface area contributed by atoms with Crippen molar-refractivity contribution in [3.63, 3.8) is 0 Å². The Kier molecular flexibility index (Phi) is 7.50. The van der Waals surface area contributed by atoms with E-state index in [1.165, 1.54) is 4.31 Å².